The van der Waals surface area contributed by atoms with Crippen molar-refractivity contribution in [1.82, 2.24) is 19.7 Å². The summed E-state index contributed by atoms with van der Waals surface area (Å²) in [5.41, 5.74) is 3.25. The predicted molar refractivity (Wildman–Crippen MR) is 102 cm³/mol. The van der Waals surface area contributed by atoms with Crippen molar-refractivity contribution in [3.05, 3.63) is 70.8 Å². The zero-order valence-electron chi connectivity index (χ0n) is 14.8. The van der Waals surface area contributed by atoms with Gasteiger partial charge in [-0.2, -0.15) is 0 Å². The molecule has 0 bridgehead atoms. The summed E-state index contributed by atoms with van der Waals surface area (Å²) in [4.78, 5) is 13.7. The molecule has 0 radical (unpaired) electrons. The number of benzene rings is 2. The molecule has 1 unspecified atom stereocenters. The normalized spacial score (nSPS) is 16.9. The third-order valence-corrected chi connectivity index (χ3v) is 5.21. The lowest BCUT2D eigenvalue weighted by Gasteiger charge is -2.33. The second kappa shape index (κ2) is 7.13. The van der Waals surface area contributed by atoms with Crippen molar-refractivity contribution < 1.29 is 9.90 Å². The first-order valence-corrected chi connectivity index (χ1v) is 9.09. The number of hydrogen-bond acceptors (Lipinski definition) is 4. The minimum Gasteiger partial charge on any atom is -0.480 e. The largest absolute Gasteiger partial charge is 0.480 e. The summed E-state index contributed by atoms with van der Waals surface area (Å²) in [5.74, 6) is 0.734. The molecule has 2 heterocycles. The van der Waals surface area contributed by atoms with Gasteiger partial charge in [-0.25, -0.2) is 0 Å². The lowest BCUT2D eigenvalue weighted by molar-refractivity contribution is -0.145. The van der Waals surface area contributed by atoms with Gasteiger partial charge in [0.05, 0.1) is 13.1 Å². The number of aliphatic carboxylic acids is 1. The van der Waals surface area contributed by atoms with Gasteiger partial charge in [0.15, 0.2) is 0 Å². The Labute approximate surface area is 162 Å². The number of carbonyl (C=O) groups is 1. The van der Waals surface area contributed by atoms with Crippen LogP contribution in [-0.4, -0.2) is 36.8 Å². The molecule has 7 heteroatoms. The molecule has 0 amide bonds. The van der Waals surface area contributed by atoms with E-state index in [-0.39, 0.29) is 0 Å². The maximum absolute atomic E-state index is 11.8. The first-order chi connectivity index (χ1) is 13.0. The van der Waals surface area contributed by atoms with Gasteiger partial charge in [-0.05, 0) is 35.7 Å². The van der Waals surface area contributed by atoms with E-state index >= 15 is 0 Å². The third kappa shape index (κ3) is 3.59. The Kier molecular flexibility index (Phi) is 4.68. The molecule has 1 atom stereocenters. The van der Waals surface area contributed by atoms with Gasteiger partial charge < -0.3 is 9.67 Å². The van der Waals surface area contributed by atoms with Crippen molar-refractivity contribution in [1.29, 1.82) is 0 Å². The van der Waals surface area contributed by atoms with Gasteiger partial charge in [-0.1, -0.05) is 48.0 Å². The van der Waals surface area contributed by atoms with Crippen LogP contribution in [0.3, 0.4) is 0 Å². The van der Waals surface area contributed by atoms with E-state index in [1.165, 1.54) is 0 Å². The van der Waals surface area contributed by atoms with Gasteiger partial charge in [0, 0.05) is 11.6 Å². The van der Waals surface area contributed by atoms with E-state index < -0.39 is 12.0 Å². The molecular formula is C20H19ClN4O2. The van der Waals surface area contributed by atoms with Crippen molar-refractivity contribution in [2.75, 3.05) is 0 Å². The van der Waals surface area contributed by atoms with Gasteiger partial charge in [-0.15, -0.1) is 10.2 Å². The summed E-state index contributed by atoms with van der Waals surface area (Å²) in [6, 6.07) is 15.3. The Balaban J connectivity index is 1.54. The smallest absolute Gasteiger partial charge is 0.322 e. The van der Waals surface area contributed by atoms with Crippen LogP contribution in [0.1, 0.15) is 17.2 Å². The molecule has 0 saturated carbocycles. The predicted octanol–water partition coefficient (Wildman–Crippen LogP) is 3.38. The number of carboxylic acid groups (broad SMARTS) is 1. The highest BCUT2D eigenvalue weighted by atomic mass is 35.5. The molecule has 0 saturated heterocycles. The van der Waals surface area contributed by atoms with Crippen LogP contribution in [0.4, 0.5) is 0 Å². The second-order valence-electron chi connectivity index (χ2n) is 6.74. The zero-order chi connectivity index (χ0) is 19.0. The number of aryl methyl sites for hydroxylation is 1. The SMILES string of the molecule is Cc1nnc2n1CC(C(=O)O)N(Cc1ccc(-c3ccc(Cl)cc3)cc1)C2. The number of carboxylic acids is 1. The van der Waals surface area contributed by atoms with E-state index in [0.717, 1.165) is 28.3 Å². The van der Waals surface area contributed by atoms with Crippen molar-refractivity contribution in [2.45, 2.75) is 32.6 Å². The van der Waals surface area contributed by atoms with E-state index in [1.54, 1.807) is 0 Å². The molecule has 138 valence electrons. The van der Waals surface area contributed by atoms with Crippen LogP contribution in [-0.2, 0) is 24.4 Å². The highest BCUT2D eigenvalue weighted by Gasteiger charge is 2.33. The van der Waals surface area contributed by atoms with Crippen molar-refractivity contribution in [3.8, 4) is 11.1 Å². The monoisotopic (exact) mass is 382 g/mol. The van der Waals surface area contributed by atoms with Crippen LogP contribution in [0.2, 0.25) is 5.02 Å². The van der Waals surface area contributed by atoms with Crippen molar-refractivity contribution >= 4 is 17.6 Å². The van der Waals surface area contributed by atoms with E-state index in [0.29, 0.717) is 24.7 Å². The fraction of sp³-hybridized carbons (Fsp3) is 0.250. The van der Waals surface area contributed by atoms with Crippen LogP contribution >= 0.6 is 11.6 Å². The van der Waals surface area contributed by atoms with E-state index in [4.69, 9.17) is 11.6 Å². The number of rotatable bonds is 4. The summed E-state index contributed by atoms with van der Waals surface area (Å²) in [6.45, 7) is 3.23. The molecule has 0 spiro atoms. The summed E-state index contributed by atoms with van der Waals surface area (Å²) >= 11 is 5.94. The van der Waals surface area contributed by atoms with Crippen LogP contribution in [0.25, 0.3) is 11.1 Å². The van der Waals surface area contributed by atoms with Crippen LogP contribution < -0.4 is 0 Å². The summed E-state index contributed by atoms with van der Waals surface area (Å²) in [7, 11) is 0. The number of aromatic nitrogens is 3. The van der Waals surface area contributed by atoms with E-state index in [1.807, 2.05) is 64.9 Å². The number of hydrogen-bond donors (Lipinski definition) is 1. The molecule has 27 heavy (non-hydrogen) atoms. The Morgan fingerprint density at radius 1 is 1.11 bits per heavy atom. The van der Waals surface area contributed by atoms with Gasteiger partial charge >= 0.3 is 5.97 Å². The maximum Gasteiger partial charge on any atom is 0.322 e. The van der Waals surface area contributed by atoms with E-state index in [9.17, 15) is 9.90 Å². The fourth-order valence-electron chi connectivity index (χ4n) is 3.44. The quantitative estimate of drug-likeness (QED) is 0.749. The maximum atomic E-state index is 11.8. The fourth-order valence-corrected chi connectivity index (χ4v) is 3.57. The van der Waals surface area contributed by atoms with Crippen molar-refractivity contribution in [2.24, 2.45) is 0 Å². The first kappa shape index (κ1) is 17.7. The molecule has 1 aliphatic heterocycles. The molecule has 1 aliphatic rings. The Bertz CT molecular complexity index is 967. The van der Waals surface area contributed by atoms with Crippen LogP contribution in [0.15, 0.2) is 48.5 Å². The first-order valence-electron chi connectivity index (χ1n) is 8.71. The minimum absolute atomic E-state index is 0.367. The molecule has 0 aliphatic carbocycles. The zero-order valence-corrected chi connectivity index (χ0v) is 15.6. The molecule has 1 aromatic heterocycles. The Morgan fingerprint density at radius 2 is 1.74 bits per heavy atom. The standard InChI is InChI=1S/C20H19ClN4O2/c1-13-22-23-19-12-24(18(20(26)27)11-25(13)19)10-14-2-4-15(5-3-14)16-6-8-17(21)9-7-16/h2-9,18H,10-12H2,1H3,(H,26,27). The molecular weight excluding hydrogens is 364 g/mol. The average Bonchev–Trinajstić information content (AvgIpc) is 3.02. The Hall–Kier alpha value is -2.70. The van der Waals surface area contributed by atoms with Crippen molar-refractivity contribution in [3.63, 3.8) is 0 Å². The summed E-state index contributed by atoms with van der Waals surface area (Å²) in [5, 5.41) is 18.6. The van der Waals surface area contributed by atoms with E-state index in [2.05, 4.69) is 10.2 Å². The van der Waals surface area contributed by atoms with Gasteiger partial charge in [0.25, 0.3) is 0 Å². The average molecular weight is 383 g/mol. The lowest BCUT2D eigenvalue weighted by Crippen LogP contribution is -2.47. The summed E-state index contributed by atoms with van der Waals surface area (Å²) in [6.07, 6.45) is 0. The van der Waals surface area contributed by atoms with Crippen LogP contribution in [0, 0.1) is 6.92 Å². The van der Waals surface area contributed by atoms with Gasteiger partial charge in [-0.3, -0.25) is 9.69 Å². The molecule has 6 nitrogen and oxygen atoms in total. The molecule has 4 rings (SSSR count). The van der Waals surface area contributed by atoms with Crippen LogP contribution in [0.5, 0.6) is 0 Å². The molecule has 1 N–H and O–H groups in total. The highest BCUT2D eigenvalue weighted by molar-refractivity contribution is 6.30. The molecule has 2 aromatic carbocycles. The minimum atomic E-state index is -0.827. The number of fused-ring (bicyclic) bond motifs is 1. The summed E-state index contributed by atoms with van der Waals surface area (Å²) < 4.78 is 1.89. The van der Waals surface area contributed by atoms with Gasteiger partial charge in [0.1, 0.15) is 17.7 Å². The topological polar surface area (TPSA) is 71.2 Å². The number of nitrogens with zero attached hydrogens (tertiary/aromatic N) is 4. The Morgan fingerprint density at radius 3 is 2.37 bits per heavy atom. The van der Waals surface area contributed by atoms with Gasteiger partial charge in [0.2, 0.25) is 0 Å². The third-order valence-electron chi connectivity index (χ3n) is 4.96. The second-order valence-corrected chi connectivity index (χ2v) is 7.17. The molecule has 3 aromatic rings. The molecule has 0 fully saturated rings. The number of halogens is 1. The lowest BCUT2D eigenvalue weighted by atomic mass is 10.0. The highest BCUT2D eigenvalue weighted by Crippen LogP contribution is 2.24.